The zero-order valence-corrected chi connectivity index (χ0v) is 15.4. The molecular weight excluding hydrogens is 346 g/mol. The van der Waals surface area contributed by atoms with Gasteiger partial charge in [-0.25, -0.2) is 0 Å². The summed E-state index contributed by atoms with van der Waals surface area (Å²) in [7, 11) is 1.64. The van der Waals surface area contributed by atoms with Crippen LogP contribution in [-0.4, -0.2) is 31.8 Å². The Morgan fingerprint density at radius 3 is 2.77 bits per heavy atom. The number of carbonyl (C=O) groups excluding carboxylic acids is 1. The summed E-state index contributed by atoms with van der Waals surface area (Å²) in [6.45, 7) is 0.135. The van der Waals surface area contributed by atoms with Gasteiger partial charge in [0, 0.05) is 16.0 Å². The molecule has 0 N–H and O–H groups in total. The summed E-state index contributed by atoms with van der Waals surface area (Å²) in [4.78, 5) is 20.2. The third kappa shape index (κ3) is 2.78. The van der Waals surface area contributed by atoms with Crippen LogP contribution in [-0.2, 0) is 17.6 Å². The third-order valence-electron chi connectivity index (χ3n) is 4.90. The first-order valence-electron chi connectivity index (χ1n) is 8.74. The number of amides is 1. The molecule has 132 valence electrons. The van der Waals surface area contributed by atoms with Crippen LogP contribution in [0.25, 0.3) is 0 Å². The van der Waals surface area contributed by atoms with E-state index in [4.69, 9.17) is 4.74 Å². The second kappa shape index (κ2) is 6.93. The number of methoxy groups -OCH3 is 1. The lowest BCUT2D eigenvalue weighted by Crippen LogP contribution is -2.32. The van der Waals surface area contributed by atoms with E-state index in [1.807, 2.05) is 24.3 Å². The van der Waals surface area contributed by atoms with Crippen molar-refractivity contribution >= 4 is 28.0 Å². The van der Waals surface area contributed by atoms with Gasteiger partial charge in [0.15, 0.2) is 0 Å². The number of carbonyl (C=O) groups is 1. The van der Waals surface area contributed by atoms with E-state index in [1.165, 1.54) is 16.9 Å². The molecule has 0 atom stereocenters. The van der Waals surface area contributed by atoms with Gasteiger partial charge in [-0.2, -0.15) is 5.26 Å². The lowest BCUT2D eigenvalue weighted by molar-refractivity contribution is -0.117. The van der Waals surface area contributed by atoms with Gasteiger partial charge in [0.25, 0.3) is 0 Å². The lowest BCUT2D eigenvalue weighted by Gasteiger charge is -2.17. The Morgan fingerprint density at radius 1 is 1.27 bits per heavy atom. The van der Waals surface area contributed by atoms with E-state index in [9.17, 15) is 10.1 Å². The molecule has 1 aliphatic carbocycles. The maximum atomic E-state index is 12.6. The van der Waals surface area contributed by atoms with Crippen LogP contribution in [0.4, 0.5) is 5.00 Å². The smallest absolute Gasteiger partial charge is 0.250 e. The maximum absolute atomic E-state index is 12.6. The van der Waals surface area contributed by atoms with Crippen LogP contribution < -0.4 is 9.64 Å². The number of hydrogen-bond acceptors (Lipinski definition) is 5. The molecule has 0 radical (unpaired) electrons. The fourth-order valence-corrected chi connectivity index (χ4v) is 5.03. The number of nitrogens with zero attached hydrogens (tertiary/aromatic N) is 3. The number of aryl methyl sites for hydroxylation is 1. The number of fused-ring (bicyclic) bond motifs is 3. The molecule has 1 aromatic heterocycles. The van der Waals surface area contributed by atoms with Gasteiger partial charge < -0.3 is 4.74 Å². The van der Waals surface area contributed by atoms with Gasteiger partial charge in [-0.3, -0.25) is 14.7 Å². The van der Waals surface area contributed by atoms with Crippen molar-refractivity contribution in [2.75, 3.05) is 25.1 Å². The van der Waals surface area contributed by atoms with Crippen LogP contribution in [0.2, 0.25) is 0 Å². The zero-order valence-electron chi connectivity index (χ0n) is 14.6. The Labute approximate surface area is 156 Å². The van der Waals surface area contributed by atoms with Crippen molar-refractivity contribution < 1.29 is 9.53 Å². The van der Waals surface area contributed by atoms with Crippen molar-refractivity contribution in [2.45, 2.75) is 25.7 Å². The number of aliphatic imine (C=N–C) groups is 1. The van der Waals surface area contributed by atoms with E-state index in [2.05, 4.69) is 11.1 Å². The third-order valence-corrected chi connectivity index (χ3v) is 6.22. The first-order valence-corrected chi connectivity index (χ1v) is 9.55. The summed E-state index contributed by atoms with van der Waals surface area (Å²) in [5.41, 5.74) is 4.19. The number of benzene rings is 1. The number of ether oxygens (including phenoxy) is 1. The van der Waals surface area contributed by atoms with Crippen molar-refractivity contribution in [1.29, 1.82) is 5.26 Å². The molecule has 6 heteroatoms. The van der Waals surface area contributed by atoms with Gasteiger partial charge >= 0.3 is 0 Å². The molecule has 1 aromatic carbocycles. The summed E-state index contributed by atoms with van der Waals surface area (Å²) >= 11 is 1.66. The van der Waals surface area contributed by atoms with Gasteiger partial charge in [0.1, 0.15) is 23.8 Å². The number of thiophene rings is 1. The second-order valence-corrected chi connectivity index (χ2v) is 7.51. The van der Waals surface area contributed by atoms with E-state index in [0.717, 1.165) is 46.9 Å². The highest BCUT2D eigenvalue weighted by atomic mass is 32.1. The molecule has 2 heterocycles. The monoisotopic (exact) mass is 365 g/mol. The molecule has 1 aliphatic heterocycles. The summed E-state index contributed by atoms with van der Waals surface area (Å²) in [5.74, 6) is 0.674. The number of rotatable bonds is 3. The summed E-state index contributed by atoms with van der Waals surface area (Å²) < 4.78 is 5.26. The van der Waals surface area contributed by atoms with Crippen molar-refractivity contribution in [3.8, 4) is 11.8 Å². The molecule has 4 rings (SSSR count). The highest BCUT2D eigenvalue weighted by Crippen LogP contribution is 2.42. The first kappa shape index (κ1) is 16.8. The number of anilines is 1. The average molecular weight is 365 g/mol. The van der Waals surface area contributed by atoms with Crippen LogP contribution >= 0.6 is 11.3 Å². The maximum Gasteiger partial charge on any atom is 0.250 e. The molecule has 0 unspecified atom stereocenters. The minimum absolute atomic E-state index is 0.0661. The van der Waals surface area contributed by atoms with E-state index >= 15 is 0 Å². The van der Waals surface area contributed by atoms with Crippen LogP contribution in [0.1, 0.15) is 34.4 Å². The largest absolute Gasteiger partial charge is 0.497 e. The number of nitriles is 1. The van der Waals surface area contributed by atoms with Gasteiger partial charge in [0.05, 0.1) is 18.9 Å². The normalized spacial score (nSPS) is 16.2. The van der Waals surface area contributed by atoms with Gasteiger partial charge in [-0.15, -0.1) is 11.3 Å². The standard InChI is InChI=1S/C20H19N3O2S/c1-25-14-8-6-13(7-9-14)19-18-15-4-2-3-5-16(15)26-20(18)23(11-10-21)17(24)12-22-19/h6-9H,2-5,11-12H2,1H3. The molecule has 0 bridgehead atoms. The fraction of sp³-hybridized carbons (Fsp3) is 0.350. The van der Waals surface area contributed by atoms with Crippen LogP contribution in [0, 0.1) is 11.3 Å². The Hall–Kier alpha value is -2.65. The van der Waals surface area contributed by atoms with Crippen molar-refractivity contribution in [2.24, 2.45) is 4.99 Å². The Kier molecular flexibility index (Phi) is 4.48. The predicted molar refractivity (Wildman–Crippen MR) is 102 cm³/mol. The van der Waals surface area contributed by atoms with Gasteiger partial charge in [-0.1, -0.05) is 0 Å². The highest BCUT2D eigenvalue weighted by Gasteiger charge is 2.32. The first-order chi connectivity index (χ1) is 12.7. The van der Waals surface area contributed by atoms with E-state index in [-0.39, 0.29) is 19.0 Å². The summed E-state index contributed by atoms with van der Waals surface area (Å²) in [5, 5.41) is 10.1. The Balaban J connectivity index is 1.89. The zero-order chi connectivity index (χ0) is 18.1. The average Bonchev–Trinajstić information content (AvgIpc) is 2.99. The number of hydrogen-bond donors (Lipinski definition) is 0. The molecule has 5 nitrogen and oxygen atoms in total. The van der Waals surface area contributed by atoms with Gasteiger partial charge in [0.2, 0.25) is 5.91 Å². The van der Waals surface area contributed by atoms with Crippen molar-refractivity contribution in [3.05, 3.63) is 45.8 Å². The van der Waals surface area contributed by atoms with Crippen LogP contribution in [0.5, 0.6) is 5.75 Å². The fourth-order valence-electron chi connectivity index (χ4n) is 3.63. The predicted octanol–water partition coefficient (Wildman–Crippen LogP) is 3.34. The minimum atomic E-state index is -0.116. The van der Waals surface area contributed by atoms with Crippen molar-refractivity contribution in [1.82, 2.24) is 0 Å². The van der Waals surface area contributed by atoms with E-state index < -0.39 is 0 Å². The molecular formula is C20H19N3O2S. The van der Waals surface area contributed by atoms with Crippen LogP contribution in [0.15, 0.2) is 29.3 Å². The molecule has 2 aliphatic rings. The van der Waals surface area contributed by atoms with Crippen molar-refractivity contribution in [3.63, 3.8) is 0 Å². The highest BCUT2D eigenvalue weighted by molar-refractivity contribution is 7.17. The summed E-state index contributed by atoms with van der Waals surface area (Å²) in [6.07, 6.45) is 4.37. The summed E-state index contributed by atoms with van der Waals surface area (Å²) in [6, 6.07) is 9.93. The molecule has 1 amide bonds. The topological polar surface area (TPSA) is 65.7 Å². The molecule has 0 fully saturated rings. The molecule has 0 saturated carbocycles. The Morgan fingerprint density at radius 2 is 2.04 bits per heavy atom. The minimum Gasteiger partial charge on any atom is -0.497 e. The Bertz CT molecular complexity index is 922. The van der Waals surface area contributed by atoms with Gasteiger partial charge in [-0.05, 0) is 55.5 Å². The van der Waals surface area contributed by atoms with E-state index in [0.29, 0.717) is 0 Å². The SMILES string of the molecule is COc1ccc(C2=NCC(=O)N(CC#N)c3sc4c(c32)CCCC4)cc1. The molecule has 0 spiro atoms. The quantitative estimate of drug-likeness (QED) is 0.784. The van der Waals surface area contributed by atoms with E-state index in [1.54, 1.807) is 23.3 Å². The molecule has 26 heavy (non-hydrogen) atoms. The van der Waals surface area contributed by atoms with Crippen LogP contribution in [0.3, 0.4) is 0 Å². The molecule has 0 saturated heterocycles. The second-order valence-electron chi connectivity index (χ2n) is 6.42. The molecule has 2 aromatic rings. The lowest BCUT2D eigenvalue weighted by atomic mass is 9.91.